The monoisotopic (exact) mass is 309 g/mol. The molecule has 1 unspecified atom stereocenters. The van der Waals surface area contributed by atoms with Crippen molar-refractivity contribution < 1.29 is 0 Å². The Balaban J connectivity index is 1.55. The van der Waals surface area contributed by atoms with Crippen molar-refractivity contribution in [1.29, 1.82) is 0 Å². The van der Waals surface area contributed by atoms with Gasteiger partial charge in [-0.25, -0.2) is 0 Å². The van der Waals surface area contributed by atoms with E-state index in [-0.39, 0.29) is 0 Å². The maximum Gasteiger partial charge on any atom is 0.0931 e. The van der Waals surface area contributed by atoms with Crippen molar-refractivity contribution in [2.45, 2.75) is 23.1 Å². The Morgan fingerprint density at radius 2 is 2.11 bits per heavy atom. The van der Waals surface area contributed by atoms with Crippen LogP contribution in [0, 0.1) is 0 Å². The largest absolute Gasteiger partial charge is 0.300 e. The molecule has 1 aromatic carbocycles. The number of hydrogen-bond donors (Lipinski definition) is 0. The van der Waals surface area contributed by atoms with Crippen molar-refractivity contribution in [3.05, 3.63) is 51.2 Å². The van der Waals surface area contributed by atoms with Gasteiger partial charge in [0.2, 0.25) is 0 Å². The fraction of sp³-hybridized carbons (Fsp3) is 0.333. The van der Waals surface area contributed by atoms with Crippen LogP contribution in [0.4, 0.5) is 0 Å². The topological polar surface area (TPSA) is 3.24 Å². The van der Waals surface area contributed by atoms with E-state index in [1.165, 1.54) is 21.8 Å². The molecule has 0 amide bonds. The van der Waals surface area contributed by atoms with E-state index in [0.29, 0.717) is 5.25 Å². The molecule has 3 rings (SSSR count). The zero-order chi connectivity index (χ0) is 13.2. The van der Waals surface area contributed by atoms with Crippen LogP contribution in [-0.2, 0) is 13.0 Å². The summed E-state index contributed by atoms with van der Waals surface area (Å²) in [6.45, 7) is 2.11. The van der Waals surface area contributed by atoms with Crippen molar-refractivity contribution in [2.75, 3.05) is 13.6 Å². The molecule has 0 N–H and O–H groups in total. The summed E-state index contributed by atoms with van der Waals surface area (Å²) in [5.41, 5.74) is 1.50. The van der Waals surface area contributed by atoms with Gasteiger partial charge in [0.25, 0.3) is 0 Å². The van der Waals surface area contributed by atoms with E-state index >= 15 is 0 Å². The molecular weight excluding hydrogens is 294 g/mol. The summed E-state index contributed by atoms with van der Waals surface area (Å²) in [6, 6.07) is 12.9. The molecule has 1 aliphatic heterocycles. The molecule has 1 aromatic heterocycles. The minimum Gasteiger partial charge on any atom is -0.300 e. The third kappa shape index (κ3) is 3.34. The van der Waals surface area contributed by atoms with Crippen molar-refractivity contribution in [1.82, 2.24) is 4.90 Å². The van der Waals surface area contributed by atoms with Crippen LogP contribution < -0.4 is 0 Å². The highest BCUT2D eigenvalue weighted by Crippen LogP contribution is 2.37. The summed E-state index contributed by atoms with van der Waals surface area (Å²) >= 11 is 9.67. The van der Waals surface area contributed by atoms with Gasteiger partial charge in [0, 0.05) is 28.1 Å². The van der Waals surface area contributed by atoms with Crippen molar-refractivity contribution in [3.63, 3.8) is 0 Å². The maximum absolute atomic E-state index is 5.97. The number of benzene rings is 1. The SMILES string of the molecule is CN(Cc1ccc(Cl)s1)CC1Cc2ccccc2S1. The fourth-order valence-electron chi connectivity index (χ4n) is 2.47. The third-order valence-corrected chi connectivity index (χ3v) is 5.80. The van der Waals surface area contributed by atoms with Crippen LogP contribution in [0.15, 0.2) is 41.3 Å². The molecule has 2 heterocycles. The van der Waals surface area contributed by atoms with Crippen LogP contribution >= 0.6 is 34.7 Å². The standard InChI is InChI=1S/C15H16ClNS2/c1-17(9-12-6-7-15(16)19-12)10-13-8-11-4-2-3-5-14(11)18-13/h2-7,13H,8-10H2,1H3. The number of fused-ring (bicyclic) bond motifs is 1. The molecule has 1 nitrogen and oxygen atoms in total. The summed E-state index contributed by atoms with van der Waals surface area (Å²) < 4.78 is 0.881. The number of nitrogens with zero attached hydrogens (tertiary/aromatic N) is 1. The summed E-state index contributed by atoms with van der Waals surface area (Å²) in [5, 5.41) is 0.679. The third-order valence-electron chi connectivity index (χ3n) is 3.28. The molecule has 0 aliphatic carbocycles. The minimum atomic E-state index is 0.679. The summed E-state index contributed by atoms with van der Waals surface area (Å²) in [6.07, 6.45) is 1.19. The van der Waals surface area contributed by atoms with E-state index in [1.54, 1.807) is 11.3 Å². The van der Waals surface area contributed by atoms with Crippen molar-refractivity contribution >= 4 is 34.7 Å². The highest BCUT2D eigenvalue weighted by atomic mass is 35.5. The second kappa shape index (κ2) is 5.88. The van der Waals surface area contributed by atoms with E-state index in [2.05, 4.69) is 42.3 Å². The maximum atomic E-state index is 5.97. The van der Waals surface area contributed by atoms with Crippen LogP contribution in [-0.4, -0.2) is 23.7 Å². The molecule has 1 atom stereocenters. The predicted octanol–water partition coefficient (Wildman–Crippen LogP) is 4.55. The van der Waals surface area contributed by atoms with Gasteiger partial charge in [-0.05, 0) is 37.2 Å². The Labute approximate surface area is 127 Å². The molecule has 0 saturated carbocycles. The highest BCUT2D eigenvalue weighted by molar-refractivity contribution is 8.00. The average molecular weight is 310 g/mol. The number of thioether (sulfide) groups is 1. The molecule has 0 spiro atoms. The first-order valence-corrected chi connectivity index (χ1v) is 8.45. The molecule has 2 aromatic rings. The van der Waals surface area contributed by atoms with Gasteiger partial charge in [-0.15, -0.1) is 23.1 Å². The van der Waals surface area contributed by atoms with E-state index < -0.39 is 0 Å². The molecule has 100 valence electrons. The molecule has 1 aliphatic rings. The van der Waals surface area contributed by atoms with Crippen molar-refractivity contribution in [3.8, 4) is 0 Å². The van der Waals surface area contributed by atoms with E-state index in [0.717, 1.165) is 17.4 Å². The smallest absolute Gasteiger partial charge is 0.0931 e. The van der Waals surface area contributed by atoms with Crippen molar-refractivity contribution in [2.24, 2.45) is 0 Å². The summed E-state index contributed by atoms with van der Waals surface area (Å²) in [4.78, 5) is 5.19. The normalized spacial score (nSPS) is 17.9. The minimum absolute atomic E-state index is 0.679. The molecular formula is C15H16ClNS2. The van der Waals surface area contributed by atoms with Crippen LogP contribution in [0.5, 0.6) is 0 Å². The van der Waals surface area contributed by atoms with Gasteiger partial charge in [-0.3, -0.25) is 0 Å². The first-order chi connectivity index (χ1) is 9.20. The molecule has 0 radical (unpaired) electrons. The lowest BCUT2D eigenvalue weighted by molar-refractivity contribution is 0.330. The Bertz CT molecular complexity index is 542. The summed E-state index contributed by atoms with van der Waals surface area (Å²) in [5.74, 6) is 0. The Kier molecular flexibility index (Phi) is 4.18. The molecule has 0 saturated heterocycles. The van der Waals surface area contributed by atoms with Gasteiger partial charge in [-0.1, -0.05) is 29.8 Å². The Hall–Kier alpha value is -0.480. The highest BCUT2D eigenvalue weighted by Gasteiger charge is 2.22. The van der Waals surface area contributed by atoms with Crippen LogP contribution in [0.2, 0.25) is 4.34 Å². The number of hydrogen-bond acceptors (Lipinski definition) is 3. The van der Waals surface area contributed by atoms with Gasteiger partial charge in [0.05, 0.1) is 4.34 Å². The lowest BCUT2D eigenvalue weighted by Gasteiger charge is -2.19. The lowest BCUT2D eigenvalue weighted by Crippen LogP contribution is -2.26. The average Bonchev–Trinajstić information content (AvgIpc) is 2.94. The zero-order valence-corrected chi connectivity index (χ0v) is 13.2. The van der Waals surface area contributed by atoms with Gasteiger partial charge < -0.3 is 4.90 Å². The first kappa shape index (κ1) is 13.5. The van der Waals surface area contributed by atoms with Gasteiger partial charge >= 0.3 is 0 Å². The predicted molar refractivity (Wildman–Crippen MR) is 85.5 cm³/mol. The van der Waals surface area contributed by atoms with E-state index in [4.69, 9.17) is 11.6 Å². The zero-order valence-electron chi connectivity index (χ0n) is 10.8. The van der Waals surface area contributed by atoms with Gasteiger partial charge in [0.1, 0.15) is 0 Å². The number of halogens is 1. The second-order valence-electron chi connectivity index (χ2n) is 4.95. The molecule has 0 fully saturated rings. The fourth-order valence-corrected chi connectivity index (χ4v) is 5.05. The second-order valence-corrected chi connectivity index (χ2v) is 8.10. The number of thiophene rings is 1. The quantitative estimate of drug-likeness (QED) is 0.815. The van der Waals surface area contributed by atoms with E-state index in [1.807, 2.05) is 17.8 Å². The molecule has 0 bridgehead atoms. The first-order valence-electron chi connectivity index (χ1n) is 6.38. The molecule has 19 heavy (non-hydrogen) atoms. The Morgan fingerprint density at radius 3 is 2.84 bits per heavy atom. The van der Waals surface area contributed by atoms with Crippen LogP contribution in [0.25, 0.3) is 0 Å². The Morgan fingerprint density at radius 1 is 1.26 bits per heavy atom. The van der Waals surface area contributed by atoms with Gasteiger partial charge in [-0.2, -0.15) is 0 Å². The van der Waals surface area contributed by atoms with Crippen LogP contribution in [0.3, 0.4) is 0 Å². The lowest BCUT2D eigenvalue weighted by atomic mass is 10.1. The number of rotatable bonds is 4. The van der Waals surface area contributed by atoms with Crippen LogP contribution in [0.1, 0.15) is 10.4 Å². The van der Waals surface area contributed by atoms with Gasteiger partial charge in [0.15, 0.2) is 0 Å². The van der Waals surface area contributed by atoms with E-state index in [9.17, 15) is 0 Å². The molecule has 4 heteroatoms. The summed E-state index contributed by atoms with van der Waals surface area (Å²) in [7, 11) is 2.19.